The Morgan fingerprint density at radius 3 is 2.70 bits per heavy atom. The van der Waals surface area contributed by atoms with Gasteiger partial charge in [-0.05, 0) is 49.6 Å². The molecule has 0 aromatic heterocycles. The highest BCUT2D eigenvalue weighted by Crippen LogP contribution is 2.27. The van der Waals surface area contributed by atoms with Gasteiger partial charge in [0.25, 0.3) is 0 Å². The van der Waals surface area contributed by atoms with E-state index < -0.39 is 9.84 Å². The van der Waals surface area contributed by atoms with E-state index in [0.29, 0.717) is 12.8 Å². The highest BCUT2D eigenvalue weighted by Gasteiger charge is 2.15. The molecule has 3 nitrogen and oxygen atoms in total. The van der Waals surface area contributed by atoms with Crippen molar-refractivity contribution in [2.45, 2.75) is 32.2 Å². The Labute approximate surface area is 129 Å². The van der Waals surface area contributed by atoms with Gasteiger partial charge in [0.1, 0.15) is 15.7 Å². The summed E-state index contributed by atoms with van der Waals surface area (Å²) in [4.78, 5) is 0. The zero-order valence-corrected chi connectivity index (χ0v) is 14.2. The SMILES string of the molecule is CCCNC(CCCS(C)(=O)=O)c1cc(F)ccc1Br. The number of sulfone groups is 1. The van der Waals surface area contributed by atoms with Gasteiger partial charge in [0.2, 0.25) is 0 Å². The molecule has 0 radical (unpaired) electrons. The summed E-state index contributed by atoms with van der Waals surface area (Å²) >= 11 is 3.43. The highest BCUT2D eigenvalue weighted by molar-refractivity contribution is 9.10. The van der Waals surface area contributed by atoms with Crippen molar-refractivity contribution in [1.82, 2.24) is 5.32 Å². The van der Waals surface area contributed by atoms with E-state index in [9.17, 15) is 12.8 Å². The standard InChI is InChI=1S/C14H21BrFNO2S/c1-3-8-17-14(5-4-9-20(2,18)19)12-10-11(16)6-7-13(12)15/h6-7,10,14,17H,3-5,8-9H2,1-2H3. The molecule has 1 aromatic rings. The quantitative estimate of drug-likeness (QED) is 0.767. The third-order valence-corrected chi connectivity index (χ3v) is 4.73. The zero-order chi connectivity index (χ0) is 15.2. The van der Waals surface area contributed by atoms with Gasteiger partial charge in [-0.25, -0.2) is 12.8 Å². The number of hydrogen-bond acceptors (Lipinski definition) is 3. The molecule has 6 heteroatoms. The lowest BCUT2D eigenvalue weighted by atomic mass is 10.0. The van der Waals surface area contributed by atoms with Crippen molar-refractivity contribution in [3.8, 4) is 0 Å². The fourth-order valence-electron chi connectivity index (χ4n) is 2.02. The molecular weight excluding hydrogens is 345 g/mol. The van der Waals surface area contributed by atoms with Gasteiger partial charge < -0.3 is 5.32 Å². The Morgan fingerprint density at radius 2 is 2.10 bits per heavy atom. The van der Waals surface area contributed by atoms with Crippen LogP contribution >= 0.6 is 15.9 Å². The largest absolute Gasteiger partial charge is 0.310 e. The van der Waals surface area contributed by atoms with Crippen molar-refractivity contribution in [2.75, 3.05) is 18.6 Å². The topological polar surface area (TPSA) is 46.2 Å². The molecule has 1 unspecified atom stereocenters. The predicted molar refractivity (Wildman–Crippen MR) is 84.1 cm³/mol. The van der Waals surface area contributed by atoms with Crippen LogP contribution in [0.3, 0.4) is 0 Å². The minimum atomic E-state index is -2.95. The Bertz CT molecular complexity index is 534. The van der Waals surface area contributed by atoms with E-state index in [-0.39, 0.29) is 17.6 Å². The first-order chi connectivity index (χ1) is 9.33. The molecule has 0 spiro atoms. The van der Waals surface area contributed by atoms with Crippen LogP contribution in [0.25, 0.3) is 0 Å². The first kappa shape index (κ1) is 17.6. The van der Waals surface area contributed by atoms with Gasteiger partial charge >= 0.3 is 0 Å². The molecule has 0 fully saturated rings. The first-order valence-corrected chi connectivity index (χ1v) is 9.55. The minimum absolute atomic E-state index is 0.0400. The molecule has 0 amide bonds. The molecule has 1 atom stereocenters. The lowest BCUT2D eigenvalue weighted by Gasteiger charge is -2.20. The number of halogens is 2. The second kappa shape index (κ2) is 8.10. The first-order valence-electron chi connectivity index (χ1n) is 6.69. The van der Waals surface area contributed by atoms with E-state index in [0.717, 1.165) is 23.0 Å². The van der Waals surface area contributed by atoms with Crippen molar-refractivity contribution in [3.63, 3.8) is 0 Å². The van der Waals surface area contributed by atoms with Gasteiger partial charge in [-0.3, -0.25) is 0 Å². The maximum Gasteiger partial charge on any atom is 0.147 e. The minimum Gasteiger partial charge on any atom is -0.310 e. The molecule has 0 saturated carbocycles. The smallest absolute Gasteiger partial charge is 0.147 e. The lowest BCUT2D eigenvalue weighted by Crippen LogP contribution is -2.23. The third kappa shape index (κ3) is 6.33. The van der Waals surface area contributed by atoms with E-state index in [4.69, 9.17) is 0 Å². The van der Waals surface area contributed by atoms with Crippen molar-refractivity contribution < 1.29 is 12.8 Å². The summed E-state index contributed by atoms with van der Waals surface area (Å²) in [6.07, 6.45) is 3.42. The molecule has 0 heterocycles. The van der Waals surface area contributed by atoms with Gasteiger partial charge in [0.05, 0.1) is 0 Å². The fraction of sp³-hybridized carbons (Fsp3) is 0.571. The molecule has 1 N–H and O–H groups in total. The maximum atomic E-state index is 13.4. The number of nitrogens with one attached hydrogen (secondary N) is 1. The summed E-state index contributed by atoms with van der Waals surface area (Å²) in [6, 6.07) is 4.54. The fourth-order valence-corrected chi connectivity index (χ4v) is 3.23. The normalized spacial score (nSPS) is 13.4. The van der Waals surface area contributed by atoms with Gasteiger partial charge in [0, 0.05) is 22.5 Å². The summed E-state index contributed by atoms with van der Waals surface area (Å²) in [5.41, 5.74) is 0.840. The highest BCUT2D eigenvalue weighted by atomic mass is 79.9. The summed E-state index contributed by atoms with van der Waals surface area (Å²) in [5, 5.41) is 3.35. The molecule has 1 aromatic carbocycles. The summed E-state index contributed by atoms with van der Waals surface area (Å²) < 4.78 is 36.6. The molecular formula is C14H21BrFNO2S. The van der Waals surface area contributed by atoms with Crippen molar-refractivity contribution >= 4 is 25.8 Å². The van der Waals surface area contributed by atoms with Crippen LogP contribution in [0.4, 0.5) is 4.39 Å². The number of rotatable bonds is 8. The Kier molecular flexibility index (Phi) is 7.12. The molecule has 1 rings (SSSR count). The van der Waals surface area contributed by atoms with Crippen molar-refractivity contribution in [3.05, 3.63) is 34.1 Å². The van der Waals surface area contributed by atoms with Crippen molar-refractivity contribution in [2.24, 2.45) is 0 Å². The van der Waals surface area contributed by atoms with E-state index in [1.165, 1.54) is 18.4 Å². The molecule has 0 aliphatic heterocycles. The van der Waals surface area contributed by atoms with Crippen LogP contribution < -0.4 is 5.32 Å². The molecule has 0 bridgehead atoms. The van der Waals surface area contributed by atoms with Gasteiger partial charge in [-0.1, -0.05) is 22.9 Å². The second-order valence-corrected chi connectivity index (χ2v) is 8.06. The summed E-state index contributed by atoms with van der Waals surface area (Å²) in [7, 11) is -2.95. The average molecular weight is 366 g/mol. The lowest BCUT2D eigenvalue weighted by molar-refractivity contribution is 0.487. The van der Waals surface area contributed by atoms with Gasteiger partial charge in [-0.15, -0.1) is 0 Å². The zero-order valence-electron chi connectivity index (χ0n) is 11.8. The monoisotopic (exact) mass is 365 g/mol. The van der Waals surface area contributed by atoms with Crippen molar-refractivity contribution in [1.29, 1.82) is 0 Å². The van der Waals surface area contributed by atoms with Gasteiger partial charge in [-0.2, -0.15) is 0 Å². The summed E-state index contributed by atoms with van der Waals surface area (Å²) in [6.45, 7) is 2.87. The van der Waals surface area contributed by atoms with Crippen LogP contribution in [0.5, 0.6) is 0 Å². The molecule has 20 heavy (non-hydrogen) atoms. The van der Waals surface area contributed by atoms with E-state index in [2.05, 4.69) is 28.2 Å². The Hall–Kier alpha value is -0.460. The molecule has 0 saturated heterocycles. The van der Waals surface area contributed by atoms with Crippen LogP contribution in [-0.4, -0.2) is 27.0 Å². The van der Waals surface area contributed by atoms with Crippen LogP contribution in [0.2, 0.25) is 0 Å². The summed E-state index contributed by atoms with van der Waals surface area (Å²) in [5.74, 6) is -0.126. The van der Waals surface area contributed by atoms with Crippen LogP contribution in [0, 0.1) is 5.82 Å². The average Bonchev–Trinajstić information content (AvgIpc) is 2.35. The van der Waals surface area contributed by atoms with E-state index >= 15 is 0 Å². The molecule has 114 valence electrons. The number of benzene rings is 1. The predicted octanol–water partition coefficient (Wildman–Crippen LogP) is 3.45. The third-order valence-electron chi connectivity index (χ3n) is 2.98. The second-order valence-electron chi connectivity index (χ2n) is 4.94. The van der Waals surface area contributed by atoms with Gasteiger partial charge in [0.15, 0.2) is 0 Å². The van der Waals surface area contributed by atoms with E-state index in [1.54, 1.807) is 6.07 Å². The van der Waals surface area contributed by atoms with Crippen LogP contribution in [0.15, 0.2) is 22.7 Å². The molecule has 0 aliphatic carbocycles. The maximum absolute atomic E-state index is 13.4. The Balaban J connectivity index is 2.80. The Morgan fingerprint density at radius 1 is 1.40 bits per heavy atom. The molecule has 0 aliphatic rings. The van der Waals surface area contributed by atoms with Crippen LogP contribution in [-0.2, 0) is 9.84 Å². The van der Waals surface area contributed by atoms with Crippen LogP contribution in [0.1, 0.15) is 37.8 Å². The van der Waals surface area contributed by atoms with E-state index in [1.807, 2.05) is 0 Å². The number of hydrogen-bond donors (Lipinski definition) is 1.